The summed E-state index contributed by atoms with van der Waals surface area (Å²) in [5.74, 6) is 1.73. The van der Waals surface area contributed by atoms with Gasteiger partial charge in [0.15, 0.2) is 0 Å². The van der Waals surface area contributed by atoms with Crippen LogP contribution in [-0.2, 0) is 6.42 Å². The lowest BCUT2D eigenvalue weighted by molar-refractivity contribution is 0.295. The van der Waals surface area contributed by atoms with E-state index in [1.165, 1.54) is 0 Å². The number of hydrogen-bond donors (Lipinski definition) is 1. The molecule has 4 nitrogen and oxygen atoms in total. The molecule has 0 saturated carbocycles. The molecule has 0 aromatic carbocycles. The molecule has 1 aromatic heterocycles. The third-order valence-electron chi connectivity index (χ3n) is 3.06. The van der Waals surface area contributed by atoms with Gasteiger partial charge in [-0.25, -0.2) is 9.97 Å². The molecule has 1 heterocycles. The van der Waals surface area contributed by atoms with Crippen molar-refractivity contribution in [2.24, 2.45) is 0 Å². The van der Waals surface area contributed by atoms with Gasteiger partial charge in [-0.3, -0.25) is 0 Å². The maximum absolute atomic E-state index is 9.24. The van der Waals surface area contributed by atoms with E-state index in [1.807, 2.05) is 13.0 Å². The summed E-state index contributed by atoms with van der Waals surface area (Å²) in [5.41, 5.74) is 0. The molecule has 1 rings (SSSR count). The molecule has 1 aromatic rings. The number of aliphatic hydroxyl groups is 1. The fraction of sp³-hybridized carbons (Fsp3) is 0.692. The molecule has 18 heavy (non-hydrogen) atoms. The lowest BCUT2D eigenvalue weighted by Gasteiger charge is -2.31. The van der Waals surface area contributed by atoms with Gasteiger partial charge in [0.1, 0.15) is 16.2 Å². The number of anilines is 1. The minimum atomic E-state index is 0.138. The Morgan fingerprint density at radius 3 is 2.44 bits per heavy atom. The standard InChI is InChI=1S/C13H22BrN3O/c1-4-10(5-2)17(7-8-18)13-9-11(14)15-12(6-3)16-13/h9-10,18H,4-8H2,1-3H3. The van der Waals surface area contributed by atoms with Gasteiger partial charge >= 0.3 is 0 Å². The summed E-state index contributed by atoms with van der Waals surface area (Å²) in [6.45, 7) is 7.11. The molecule has 5 heteroatoms. The van der Waals surface area contributed by atoms with E-state index in [4.69, 9.17) is 0 Å². The SMILES string of the molecule is CCc1nc(Br)cc(N(CCO)C(CC)CC)n1. The van der Waals surface area contributed by atoms with Gasteiger partial charge in [0.25, 0.3) is 0 Å². The molecule has 0 saturated heterocycles. The highest BCUT2D eigenvalue weighted by molar-refractivity contribution is 9.10. The second-order valence-electron chi connectivity index (χ2n) is 4.21. The topological polar surface area (TPSA) is 49.2 Å². The summed E-state index contributed by atoms with van der Waals surface area (Å²) in [5, 5.41) is 9.24. The third kappa shape index (κ3) is 3.92. The first-order valence-electron chi connectivity index (χ1n) is 6.57. The Kier molecular flexibility index (Phi) is 6.57. The van der Waals surface area contributed by atoms with Gasteiger partial charge in [-0.1, -0.05) is 20.8 Å². The summed E-state index contributed by atoms with van der Waals surface area (Å²) in [4.78, 5) is 11.1. The van der Waals surface area contributed by atoms with Crippen LogP contribution in [-0.4, -0.2) is 34.3 Å². The molecule has 0 radical (unpaired) electrons. The van der Waals surface area contributed by atoms with Crippen LogP contribution < -0.4 is 4.90 Å². The lowest BCUT2D eigenvalue weighted by atomic mass is 10.1. The highest BCUT2D eigenvalue weighted by Gasteiger charge is 2.17. The van der Waals surface area contributed by atoms with Gasteiger partial charge in [-0.2, -0.15) is 0 Å². The number of aromatic nitrogens is 2. The van der Waals surface area contributed by atoms with E-state index in [1.54, 1.807) is 0 Å². The Labute approximate surface area is 118 Å². The van der Waals surface area contributed by atoms with Crippen molar-refractivity contribution in [1.29, 1.82) is 0 Å². The highest BCUT2D eigenvalue weighted by atomic mass is 79.9. The summed E-state index contributed by atoms with van der Waals surface area (Å²) >= 11 is 3.43. The van der Waals surface area contributed by atoms with Crippen molar-refractivity contribution in [1.82, 2.24) is 9.97 Å². The molecule has 0 spiro atoms. The number of aliphatic hydroxyl groups excluding tert-OH is 1. The second kappa shape index (κ2) is 7.69. The number of nitrogens with zero attached hydrogens (tertiary/aromatic N) is 3. The van der Waals surface area contributed by atoms with E-state index in [9.17, 15) is 5.11 Å². The molecule has 0 atom stereocenters. The van der Waals surface area contributed by atoms with Crippen molar-refractivity contribution in [3.8, 4) is 0 Å². The van der Waals surface area contributed by atoms with Gasteiger partial charge < -0.3 is 10.0 Å². The van der Waals surface area contributed by atoms with Crippen LogP contribution in [0.1, 0.15) is 39.4 Å². The normalized spacial score (nSPS) is 11.0. The molecular weight excluding hydrogens is 294 g/mol. The molecule has 0 aliphatic rings. The minimum Gasteiger partial charge on any atom is -0.395 e. The van der Waals surface area contributed by atoms with Crippen LogP contribution in [0.2, 0.25) is 0 Å². The molecule has 0 amide bonds. The quantitative estimate of drug-likeness (QED) is 0.786. The molecule has 0 fully saturated rings. The fourth-order valence-electron chi connectivity index (χ4n) is 2.08. The van der Waals surface area contributed by atoms with Crippen molar-refractivity contribution < 1.29 is 5.11 Å². The molecule has 0 aliphatic heterocycles. The predicted molar refractivity (Wildman–Crippen MR) is 77.9 cm³/mol. The number of rotatable bonds is 7. The molecule has 0 unspecified atom stereocenters. The van der Waals surface area contributed by atoms with Gasteiger partial charge in [0, 0.05) is 25.1 Å². The van der Waals surface area contributed by atoms with Gasteiger partial charge in [0.05, 0.1) is 6.61 Å². The van der Waals surface area contributed by atoms with Gasteiger partial charge in [-0.15, -0.1) is 0 Å². The average Bonchev–Trinajstić information content (AvgIpc) is 2.38. The van der Waals surface area contributed by atoms with E-state index >= 15 is 0 Å². The van der Waals surface area contributed by atoms with Crippen molar-refractivity contribution in [3.63, 3.8) is 0 Å². The lowest BCUT2D eigenvalue weighted by Crippen LogP contribution is -2.37. The van der Waals surface area contributed by atoms with Gasteiger partial charge in [-0.05, 0) is 28.8 Å². The van der Waals surface area contributed by atoms with Crippen LogP contribution in [0.5, 0.6) is 0 Å². The maximum Gasteiger partial charge on any atom is 0.133 e. The molecule has 1 N–H and O–H groups in total. The Morgan fingerprint density at radius 1 is 1.28 bits per heavy atom. The van der Waals surface area contributed by atoms with Crippen LogP contribution in [0.4, 0.5) is 5.82 Å². The zero-order chi connectivity index (χ0) is 13.5. The van der Waals surface area contributed by atoms with E-state index in [0.29, 0.717) is 12.6 Å². The molecule has 0 aliphatic carbocycles. The first-order valence-corrected chi connectivity index (χ1v) is 7.36. The van der Waals surface area contributed by atoms with Crippen molar-refractivity contribution in [3.05, 3.63) is 16.5 Å². The minimum absolute atomic E-state index is 0.138. The Morgan fingerprint density at radius 2 is 1.94 bits per heavy atom. The largest absolute Gasteiger partial charge is 0.395 e. The molecule has 102 valence electrons. The monoisotopic (exact) mass is 315 g/mol. The average molecular weight is 316 g/mol. The van der Waals surface area contributed by atoms with E-state index < -0.39 is 0 Å². The molecule has 0 bridgehead atoms. The zero-order valence-electron chi connectivity index (χ0n) is 11.4. The van der Waals surface area contributed by atoms with Crippen LogP contribution in [0.3, 0.4) is 0 Å². The van der Waals surface area contributed by atoms with Crippen LogP contribution in [0.25, 0.3) is 0 Å². The van der Waals surface area contributed by atoms with Crippen molar-refractivity contribution in [2.45, 2.75) is 46.1 Å². The molecular formula is C13H22BrN3O. The summed E-state index contributed by atoms with van der Waals surface area (Å²) < 4.78 is 0.804. The second-order valence-corrected chi connectivity index (χ2v) is 5.02. The van der Waals surface area contributed by atoms with E-state index in [0.717, 1.165) is 35.5 Å². The highest BCUT2D eigenvalue weighted by Crippen LogP contribution is 2.21. The Bertz CT molecular complexity index is 369. The smallest absolute Gasteiger partial charge is 0.133 e. The summed E-state index contributed by atoms with van der Waals surface area (Å²) in [7, 11) is 0. The predicted octanol–water partition coefficient (Wildman–Crippen LogP) is 2.79. The van der Waals surface area contributed by atoms with Crippen LogP contribution >= 0.6 is 15.9 Å². The van der Waals surface area contributed by atoms with Crippen LogP contribution in [0, 0.1) is 0 Å². The first kappa shape index (κ1) is 15.4. The Hall–Kier alpha value is -0.680. The van der Waals surface area contributed by atoms with E-state index in [-0.39, 0.29) is 6.61 Å². The number of halogens is 1. The maximum atomic E-state index is 9.24. The third-order valence-corrected chi connectivity index (χ3v) is 3.47. The van der Waals surface area contributed by atoms with Crippen molar-refractivity contribution in [2.75, 3.05) is 18.1 Å². The number of hydrogen-bond acceptors (Lipinski definition) is 4. The first-order chi connectivity index (χ1) is 8.65. The van der Waals surface area contributed by atoms with Crippen molar-refractivity contribution >= 4 is 21.7 Å². The summed E-state index contributed by atoms with van der Waals surface area (Å²) in [6.07, 6.45) is 2.89. The fourth-order valence-corrected chi connectivity index (χ4v) is 2.49. The zero-order valence-corrected chi connectivity index (χ0v) is 12.9. The Balaban J connectivity index is 3.07. The number of aryl methyl sites for hydroxylation is 1. The van der Waals surface area contributed by atoms with E-state index in [2.05, 4.69) is 44.6 Å². The van der Waals surface area contributed by atoms with Crippen LogP contribution in [0.15, 0.2) is 10.7 Å². The summed E-state index contributed by atoms with van der Waals surface area (Å²) in [6, 6.07) is 2.33. The van der Waals surface area contributed by atoms with Gasteiger partial charge in [0.2, 0.25) is 0 Å².